The molecule has 0 aliphatic heterocycles. The predicted molar refractivity (Wildman–Crippen MR) is 99.8 cm³/mol. The van der Waals surface area contributed by atoms with E-state index in [-0.39, 0.29) is 22.8 Å². The van der Waals surface area contributed by atoms with Gasteiger partial charge in [0, 0.05) is 17.8 Å². The fourth-order valence-electron chi connectivity index (χ4n) is 2.25. The summed E-state index contributed by atoms with van der Waals surface area (Å²) in [6.07, 6.45) is 0. The molecule has 1 heterocycles. The Bertz CT molecular complexity index is 956. The zero-order valence-corrected chi connectivity index (χ0v) is 14.2. The Kier molecular flexibility index (Phi) is 5.04. The molecule has 3 aromatic rings. The summed E-state index contributed by atoms with van der Waals surface area (Å²) in [5, 5.41) is 18.1. The molecule has 0 aliphatic carbocycles. The first kappa shape index (κ1) is 17.3. The van der Waals surface area contributed by atoms with Crippen molar-refractivity contribution in [3.05, 3.63) is 86.6 Å². The van der Waals surface area contributed by atoms with Crippen LogP contribution in [0.5, 0.6) is 0 Å². The fourth-order valence-corrected chi connectivity index (χ4v) is 2.87. The minimum Gasteiger partial charge on any atom is -0.322 e. The molecule has 8 heteroatoms. The number of benzene rings is 2. The van der Waals surface area contributed by atoms with Crippen molar-refractivity contribution in [2.45, 2.75) is 0 Å². The molecule has 0 bridgehead atoms. The van der Waals surface area contributed by atoms with Gasteiger partial charge in [-0.1, -0.05) is 24.3 Å². The Morgan fingerprint density at radius 1 is 0.923 bits per heavy atom. The molecule has 7 nitrogen and oxygen atoms in total. The molecule has 0 spiro atoms. The van der Waals surface area contributed by atoms with Gasteiger partial charge in [-0.2, -0.15) is 0 Å². The number of nitro groups is 1. The quantitative estimate of drug-likeness (QED) is 0.522. The molecule has 2 aromatic carbocycles. The summed E-state index contributed by atoms with van der Waals surface area (Å²) in [6, 6.07) is 15.8. The van der Waals surface area contributed by atoms with Crippen LogP contribution in [0.4, 0.5) is 17.1 Å². The first-order chi connectivity index (χ1) is 12.5. The van der Waals surface area contributed by atoms with Crippen molar-refractivity contribution >= 4 is 40.2 Å². The lowest BCUT2D eigenvalue weighted by Gasteiger charge is -2.11. The van der Waals surface area contributed by atoms with Gasteiger partial charge in [0.2, 0.25) is 0 Å². The monoisotopic (exact) mass is 367 g/mol. The van der Waals surface area contributed by atoms with Crippen LogP contribution in [-0.2, 0) is 0 Å². The second-order valence-corrected chi connectivity index (χ2v) is 6.19. The number of nitrogens with one attached hydrogen (secondary N) is 2. The summed E-state index contributed by atoms with van der Waals surface area (Å²) in [4.78, 5) is 35.8. The molecule has 2 amide bonds. The summed E-state index contributed by atoms with van der Waals surface area (Å²) >= 11 is 1.25. The maximum absolute atomic E-state index is 12.6. The van der Waals surface area contributed by atoms with E-state index in [4.69, 9.17) is 0 Å². The van der Waals surface area contributed by atoms with E-state index in [2.05, 4.69) is 10.6 Å². The van der Waals surface area contributed by atoms with Crippen molar-refractivity contribution in [2.24, 2.45) is 0 Å². The Labute approximate surface area is 152 Å². The predicted octanol–water partition coefficient (Wildman–Crippen LogP) is 4.16. The number of hydrogen-bond donors (Lipinski definition) is 2. The molecule has 0 saturated carbocycles. The van der Waals surface area contributed by atoms with Gasteiger partial charge in [-0.15, -0.1) is 11.3 Å². The highest BCUT2D eigenvalue weighted by molar-refractivity contribution is 7.12. The number of thiophene rings is 1. The maximum atomic E-state index is 12.6. The van der Waals surface area contributed by atoms with Crippen molar-refractivity contribution in [1.82, 2.24) is 0 Å². The van der Waals surface area contributed by atoms with Crippen LogP contribution in [0, 0.1) is 10.1 Å². The lowest BCUT2D eigenvalue weighted by atomic mass is 10.1. The van der Waals surface area contributed by atoms with Crippen LogP contribution in [-0.4, -0.2) is 16.7 Å². The molecule has 0 atom stereocenters. The Morgan fingerprint density at radius 3 is 2.35 bits per heavy atom. The van der Waals surface area contributed by atoms with Crippen molar-refractivity contribution in [2.75, 3.05) is 10.6 Å². The third-order valence-electron chi connectivity index (χ3n) is 3.48. The number of hydrogen-bond acceptors (Lipinski definition) is 5. The van der Waals surface area contributed by atoms with Crippen LogP contribution in [0.3, 0.4) is 0 Å². The van der Waals surface area contributed by atoms with Gasteiger partial charge in [-0.25, -0.2) is 0 Å². The Hall–Kier alpha value is -3.52. The van der Waals surface area contributed by atoms with Crippen LogP contribution in [0.2, 0.25) is 0 Å². The Balaban J connectivity index is 1.92. The van der Waals surface area contributed by atoms with E-state index in [1.54, 1.807) is 47.8 Å². The average molecular weight is 367 g/mol. The highest BCUT2D eigenvalue weighted by atomic mass is 32.1. The summed E-state index contributed by atoms with van der Waals surface area (Å²) in [7, 11) is 0. The Morgan fingerprint density at radius 2 is 1.69 bits per heavy atom. The lowest BCUT2D eigenvalue weighted by Crippen LogP contribution is -2.18. The molecule has 0 saturated heterocycles. The molecular formula is C18H13N3O4S. The van der Waals surface area contributed by atoms with Gasteiger partial charge in [0.25, 0.3) is 17.5 Å². The third kappa shape index (κ3) is 3.93. The largest absolute Gasteiger partial charge is 0.322 e. The molecule has 0 unspecified atom stereocenters. The maximum Gasteiger partial charge on any atom is 0.270 e. The number of anilines is 2. The molecule has 2 N–H and O–H groups in total. The van der Waals surface area contributed by atoms with Gasteiger partial charge in [0.15, 0.2) is 0 Å². The average Bonchev–Trinajstić information content (AvgIpc) is 3.17. The minimum atomic E-state index is -0.593. The van der Waals surface area contributed by atoms with Crippen LogP contribution >= 0.6 is 11.3 Å². The van der Waals surface area contributed by atoms with Gasteiger partial charge >= 0.3 is 0 Å². The van der Waals surface area contributed by atoms with Gasteiger partial charge in [0.05, 0.1) is 21.1 Å². The molecule has 0 fully saturated rings. The van der Waals surface area contributed by atoms with Crippen LogP contribution < -0.4 is 10.6 Å². The number of rotatable bonds is 5. The van der Waals surface area contributed by atoms with E-state index in [0.29, 0.717) is 10.6 Å². The van der Waals surface area contributed by atoms with Crippen LogP contribution in [0.15, 0.2) is 66.0 Å². The summed E-state index contributed by atoms with van der Waals surface area (Å²) in [5.41, 5.74) is 0.507. The van der Waals surface area contributed by atoms with Crippen LogP contribution in [0.1, 0.15) is 20.0 Å². The molecule has 1 aromatic heterocycles. The summed E-state index contributed by atoms with van der Waals surface area (Å²) < 4.78 is 0. The van der Waals surface area contributed by atoms with Crippen molar-refractivity contribution < 1.29 is 14.5 Å². The molecule has 3 rings (SSSR count). The van der Waals surface area contributed by atoms with Crippen molar-refractivity contribution in [3.8, 4) is 0 Å². The molecule has 0 aliphatic rings. The van der Waals surface area contributed by atoms with Gasteiger partial charge < -0.3 is 10.6 Å². The zero-order valence-electron chi connectivity index (χ0n) is 13.3. The minimum absolute atomic E-state index is 0.00737. The molecule has 130 valence electrons. The standard InChI is InChI=1S/C18H13N3O4S/c22-17(19-12-5-2-1-3-6-12)14-11-13(21(24)25)8-9-15(14)20-18(23)16-7-4-10-26-16/h1-11H,(H,19,22)(H,20,23). The molecular weight excluding hydrogens is 354 g/mol. The van der Waals surface area contributed by atoms with Gasteiger partial charge in [-0.3, -0.25) is 19.7 Å². The topological polar surface area (TPSA) is 101 Å². The SMILES string of the molecule is O=C(Nc1ccc([N+](=O)[O-])cc1C(=O)Nc1ccccc1)c1cccs1. The zero-order chi connectivity index (χ0) is 18.5. The second kappa shape index (κ2) is 7.58. The third-order valence-corrected chi connectivity index (χ3v) is 4.35. The lowest BCUT2D eigenvalue weighted by molar-refractivity contribution is -0.384. The van der Waals surface area contributed by atoms with Crippen molar-refractivity contribution in [1.29, 1.82) is 0 Å². The molecule has 26 heavy (non-hydrogen) atoms. The molecule has 0 radical (unpaired) electrons. The number of non-ortho nitro benzene ring substituents is 1. The highest BCUT2D eigenvalue weighted by Crippen LogP contribution is 2.24. The van der Waals surface area contributed by atoms with E-state index < -0.39 is 10.8 Å². The smallest absolute Gasteiger partial charge is 0.270 e. The first-order valence-corrected chi connectivity index (χ1v) is 8.42. The number of nitrogens with zero attached hydrogens (tertiary/aromatic N) is 1. The van der Waals surface area contributed by atoms with Gasteiger partial charge in [-0.05, 0) is 29.6 Å². The normalized spacial score (nSPS) is 10.2. The number of nitro benzene ring substituents is 1. The number of carbonyl (C=O) groups excluding carboxylic acids is 2. The second-order valence-electron chi connectivity index (χ2n) is 5.24. The fraction of sp³-hybridized carbons (Fsp3) is 0. The summed E-state index contributed by atoms with van der Waals surface area (Å²) in [6.45, 7) is 0. The van der Waals surface area contributed by atoms with E-state index in [0.717, 1.165) is 6.07 Å². The van der Waals surface area contributed by atoms with Crippen LogP contribution in [0.25, 0.3) is 0 Å². The van der Waals surface area contributed by atoms with E-state index in [9.17, 15) is 19.7 Å². The van der Waals surface area contributed by atoms with E-state index >= 15 is 0 Å². The number of amides is 2. The van der Waals surface area contributed by atoms with Crippen molar-refractivity contribution in [3.63, 3.8) is 0 Å². The highest BCUT2D eigenvalue weighted by Gasteiger charge is 2.19. The van der Waals surface area contributed by atoms with E-state index in [1.807, 2.05) is 0 Å². The first-order valence-electron chi connectivity index (χ1n) is 7.54. The summed E-state index contributed by atoms with van der Waals surface area (Å²) in [5.74, 6) is -0.941. The number of para-hydroxylation sites is 1. The van der Waals surface area contributed by atoms with E-state index in [1.165, 1.54) is 23.5 Å². The van der Waals surface area contributed by atoms with Gasteiger partial charge in [0.1, 0.15) is 0 Å². The number of carbonyl (C=O) groups is 2.